The second-order valence-corrected chi connectivity index (χ2v) is 19.9. The van der Waals surface area contributed by atoms with Crippen LogP contribution in [0.4, 0.5) is 17.1 Å². The number of fused-ring (bicyclic) bond motifs is 6. The lowest BCUT2D eigenvalue weighted by Crippen LogP contribution is -2.16. The molecule has 0 radical (unpaired) electrons. The molecule has 344 valence electrons. The SMILES string of the molecule is CCCc1ccc2c(c1)c1cc(CCC)ccc1n2-c1ccc(-c2ccc(-c3ccc(N(c4ccc5c(c4)C(C)(C)c4ccccc4-5)c4ccccc4-c4cccc(-c5ccccc5)c4)cc3)cc2)cc1. The smallest absolute Gasteiger partial charge is 0.0541 e. The average molecular weight is 915 g/mol. The van der Waals surface area contributed by atoms with Crippen molar-refractivity contribution in [1.29, 1.82) is 0 Å². The lowest BCUT2D eigenvalue weighted by molar-refractivity contribution is 0.660. The molecule has 0 spiro atoms. The molecule has 1 aliphatic carbocycles. The van der Waals surface area contributed by atoms with Gasteiger partial charge in [-0.2, -0.15) is 0 Å². The summed E-state index contributed by atoms with van der Waals surface area (Å²) >= 11 is 0. The lowest BCUT2D eigenvalue weighted by atomic mass is 9.82. The van der Waals surface area contributed by atoms with Gasteiger partial charge in [0.1, 0.15) is 0 Å². The summed E-state index contributed by atoms with van der Waals surface area (Å²) in [4.78, 5) is 2.45. The second kappa shape index (κ2) is 18.3. The maximum Gasteiger partial charge on any atom is 0.0541 e. The fraction of sp³-hybridized carbons (Fsp3) is 0.130. The molecule has 0 fully saturated rings. The Kier molecular flexibility index (Phi) is 11.3. The van der Waals surface area contributed by atoms with Gasteiger partial charge in [-0.05, 0) is 158 Å². The first-order valence-electron chi connectivity index (χ1n) is 25.5. The zero-order valence-electron chi connectivity index (χ0n) is 41.2. The monoisotopic (exact) mass is 914 g/mol. The minimum atomic E-state index is -0.126. The highest BCUT2D eigenvalue weighted by Crippen LogP contribution is 2.51. The van der Waals surface area contributed by atoms with Crippen LogP contribution in [0, 0.1) is 0 Å². The van der Waals surface area contributed by atoms with Gasteiger partial charge in [-0.15, -0.1) is 0 Å². The van der Waals surface area contributed by atoms with Crippen LogP contribution in [0.15, 0.2) is 231 Å². The van der Waals surface area contributed by atoms with Crippen molar-refractivity contribution in [2.45, 2.75) is 58.8 Å². The van der Waals surface area contributed by atoms with Crippen LogP contribution in [-0.2, 0) is 18.3 Å². The Labute approximate surface area is 419 Å². The van der Waals surface area contributed by atoms with Crippen molar-refractivity contribution in [3.05, 3.63) is 253 Å². The number of aromatic nitrogens is 1. The third-order valence-corrected chi connectivity index (χ3v) is 15.0. The van der Waals surface area contributed by atoms with Gasteiger partial charge in [0.25, 0.3) is 0 Å². The summed E-state index contributed by atoms with van der Waals surface area (Å²) < 4.78 is 2.44. The Morgan fingerprint density at radius 2 is 0.859 bits per heavy atom. The van der Waals surface area contributed by atoms with E-state index in [9.17, 15) is 0 Å². The molecule has 71 heavy (non-hydrogen) atoms. The fourth-order valence-corrected chi connectivity index (χ4v) is 11.4. The van der Waals surface area contributed by atoms with Gasteiger partial charge in [-0.3, -0.25) is 0 Å². The van der Waals surface area contributed by atoms with E-state index in [2.05, 4.69) is 268 Å². The van der Waals surface area contributed by atoms with Crippen LogP contribution in [0.1, 0.15) is 62.8 Å². The quantitative estimate of drug-likeness (QED) is 0.119. The Hall–Kier alpha value is -8.20. The third kappa shape index (κ3) is 7.94. The van der Waals surface area contributed by atoms with E-state index in [1.807, 2.05) is 0 Å². The number of hydrogen-bond acceptors (Lipinski definition) is 1. The first-order chi connectivity index (χ1) is 34.9. The summed E-state index contributed by atoms with van der Waals surface area (Å²) in [5.41, 5.74) is 24.7. The summed E-state index contributed by atoms with van der Waals surface area (Å²) in [5, 5.41) is 2.69. The van der Waals surface area contributed by atoms with E-state index < -0.39 is 0 Å². The molecule has 2 nitrogen and oxygen atoms in total. The van der Waals surface area contributed by atoms with Crippen LogP contribution in [0.2, 0.25) is 0 Å². The number of nitrogens with zero attached hydrogens (tertiary/aromatic N) is 2. The number of rotatable bonds is 12. The van der Waals surface area contributed by atoms with Crippen LogP contribution in [-0.4, -0.2) is 4.57 Å². The van der Waals surface area contributed by atoms with Gasteiger partial charge in [-0.25, -0.2) is 0 Å². The molecule has 12 rings (SSSR count). The van der Waals surface area contributed by atoms with E-state index >= 15 is 0 Å². The van der Waals surface area contributed by atoms with Gasteiger partial charge in [0.2, 0.25) is 0 Å². The third-order valence-electron chi connectivity index (χ3n) is 15.0. The molecule has 0 N–H and O–H groups in total. The number of hydrogen-bond donors (Lipinski definition) is 0. The van der Waals surface area contributed by atoms with E-state index in [1.165, 1.54) is 105 Å². The molecule has 0 atom stereocenters. The molecule has 0 amide bonds. The molecule has 0 bridgehead atoms. The molecule has 0 saturated carbocycles. The molecular formula is C69H58N2. The summed E-state index contributed by atoms with van der Waals surface area (Å²) in [5.74, 6) is 0. The Balaban J connectivity index is 0.875. The largest absolute Gasteiger partial charge is 0.310 e. The zero-order valence-corrected chi connectivity index (χ0v) is 41.2. The van der Waals surface area contributed by atoms with Crippen molar-refractivity contribution in [2.75, 3.05) is 4.90 Å². The number of para-hydroxylation sites is 1. The highest BCUT2D eigenvalue weighted by Gasteiger charge is 2.36. The molecule has 1 heterocycles. The van der Waals surface area contributed by atoms with E-state index in [0.29, 0.717) is 0 Å². The van der Waals surface area contributed by atoms with Crippen LogP contribution < -0.4 is 4.90 Å². The van der Waals surface area contributed by atoms with Crippen molar-refractivity contribution in [2.24, 2.45) is 0 Å². The molecule has 2 heteroatoms. The Morgan fingerprint density at radius 3 is 1.49 bits per heavy atom. The van der Waals surface area contributed by atoms with Crippen molar-refractivity contribution < 1.29 is 0 Å². The van der Waals surface area contributed by atoms with Crippen molar-refractivity contribution in [3.63, 3.8) is 0 Å². The molecular weight excluding hydrogens is 857 g/mol. The standard InChI is InChI=1S/C69H58N2/c1-5-15-47-25-41-67-62(43-47)63-44-48(16-6-2)26-42-68(63)71(67)57-37-33-53(34-38-57)51-29-27-50(28-30-51)52-31-35-56(36-32-52)70(58-39-40-61-60-22-10-12-23-64(60)69(3,4)65(61)46-58)66-24-13-11-21-59(66)55-20-14-19-54(45-55)49-17-8-7-9-18-49/h7-14,17-46H,5-6,15-16H2,1-4H3. The molecule has 11 aromatic rings. The van der Waals surface area contributed by atoms with Crippen molar-refractivity contribution in [3.8, 4) is 61.3 Å². The van der Waals surface area contributed by atoms with E-state index in [1.54, 1.807) is 0 Å². The first kappa shape index (κ1) is 44.0. The average Bonchev–Trinajstić information content (AvgIpc) is 3.86. The molecule has 1 aliphatic rings. The number of benzene rings is 10. The molecule has 1 aromatic heterocycles. The van der Waals surface area contributed by atoms with Crippen molar-refractivity contribution >= 4 is 38.9 Å². The van der Waals surface area contributed by atoms with Crippen LogP contribution in [0.25, 0.3) is 83.1 Å². The van der Waals surface area contributed by atoms with E-state index in [4.69, 9.17) is 0 Å². The first-order valence-corrected chi connectivity index (χ1v) is 25.5. The highest BCUT2D eigenvalue weighted by atomic mass is 15.1. The predicted molar refractivity (Wildman–Crippen MR) is 303 cm³/mol. The predicted octanol–water partition coefficient (Wildman–Crippen LogP) is 19.1. The van der Waals surface area contributed by atoms with Crippen LogP contribution >= 0.6 is 0 Å². The Morgan fingerprint density at radius 1 is 0.366 bits per heavy atom. The topological polar surface area (TPSA) is 8.17 Å². The van der Waals surface area contributed by atoms with Gasteiger partial charge in [0.05, 0.1) is 16.7 Å². The minimum Gasteiger partial charge on any atom is -0.310 e. The van der Waals surface area contributed by atoms with Gasteiger partial charge >= 0.3 is 0 Å². The second-order valence-electron chi connectivity index (χ2n) is 19.9. The molecule has 10 aromatic carbocycles. The minimum absolute atomic E-state index is 0.126. The van der Waals surface area contributed by atoms with E-state index in [0.717, 1.165) is 42.7 Å². The van der Waals surface area contributed by atoms with Gasteiger partial charge < -0.3 is 9.47 Å². The van der Waals surface area contributed by atoms with Gasteiger partial charge in [0, 0.05) is 38.8 Å². The molecule has 0 aliphatic heterocycles. The van der Waals surface area contributed by atoms with Crippen molar-refractivity contribution in [1.82, 2.24) is 4.57 Å². The fourth-order valence-electron chi connectivity index (χ4n) is 11.4. The summed E-state index contributed by atoms with van der Waals surface area (Å²) in [6.07, 6.45) is 4.48. The number of anilines is 3. The van der Waals surface area contributed by atoms with E-state index in [-0.39, 0.29) is 5.41 Å². The number of aryl methyl sites for hydroxylation is 2. The van der Waals surface area contributed by atoms with Crippen LogP contribution in [0.3, 0.4) is 0 Å². The summed E-state index contributed by atoms with van der Waals surface area (Å²) in [6.45, 7) is 9.25. The molecule has 0 unspecified atom stereocenters. The normalized spacial score (nSPS) is 12.6. The summed E-state index contributed by atoms with van der Waals surface area (Å²) in [7, 11) is 0. The maximum atomic E-state index is 2.45. The van der Waals surface area contributed by atoms with Crippen LogP contribution in [0.5, 0.6) is 0 Å². The molecule has 0 saturated heterocycles. The zero-order chi connectivity index (χ0) is 48.1. The van der Waals surface area contributed by atoms with Gasteiger partial charge in [-0.1, -0.05) is 198 Å². The van der Waals surface area contributed by atoms with Gasteiger partial charge in [0.15, 0.2) is 0 Å². The lowest BCUT2D eigenvalue weighted by Gasteiger charge is -2.30. The Bertz CT molecular complexity index is 3660. The highest BCUT2D eigenvalue weighted by molar-refractivity contribution is 6.10. The summed E-state index contributed by atoms with van der Waals surface area (Å²) in [6, 6.07) is 85.9. The maximum absolute atomic E-state index is 2.45.